The van der Waals surface area contributed by atoms with E-state index in [4.69, 9.17) is 4.98 Å². The number of carbonyl (C=O) groups excluding carboxylic acids is 1. The molecule has 1 atom stereocenters. The predicted molar refractivity (Wildman–Crippen MR) is 157 cm³/mol. The van der Waals surface area contributed by atoms with Crippen LogP contribution in [0, 0.1) is 11.7 Å². The van der Waals surface area contributed by atoms with Crippen molar-refractivity contribution in [1.82, 2.24) is 15.2 Å². The second kappa shape index (κ2) is 12.1. The Balaban J connectivity index is 1.63. The summed E-state index contributed by atoms with van der Waals surface area (Å²) in [6.45, 7) is 8.66. The van der Waals surface area contributed by atoms with Crippen LogP contribution in [0.3, 0.4) is 0 Å². The molecule has 0 radical (unpaired) electrons. The van der Waals surface area contributed by atoms with Gasteiger partial charge >= 0.3 is 0 Å². The number of fused-ring (bicyclic) bond motifs is 1. The van der Waals surface area contributed by atoms with Gasteiger partial charge in [0.15, 0.2) is 0 Å². The quantitative estimate of drug-likeness (QED) is 0.259. The highest BCUT2D eigenvalue weighted by molar-refractivity contribution is 6.09. The normalized spacial score (nSPS) is 15.5. The third-order valence-corrected chi connectivity index (χ3v) is 8.13. The lowest BCUT2D eigenvalue weighted by molar-refractivity contribution is 0.0935. The van der Waals surface area contributed by atoms with Crippen molar-refractivity contribution in [2.45, 2.75) is 58.5 Å². The van der Waals surface area contributed by atoms with Gasteiger partial charge in [-0.2, -0.15) is 0 Å². The van der Waals surface area contributed by atoms with E-state index in [0.29, 0.717) is 28.6 Å². The van der Waals surface area contributed by atoms with Crippen LogP contribution in [-0.2, 0) is 6.42 Å². The Hall–Kier alpha value is -3.57. The second-order valence-electron chi connectivity index (χ2n) is 10.9. The summed E-state index contributed by atoms with van der Waals surface area (Å²) in [7, 11) is 0. The Morgan fingerprint density at radius 3 is 2.28 bits per heavy atom. The summed E-state index contributed by atoms with van der Waals surface area (Å²) in [5, 5.41) is 3.87. The molecule has 1 fully saturated rings. The molecule has 1 N–H and O–H groups in total. The molecule has 0 saturated carbocycles. The Labute approximate surface area is 231 Å². The van der Waals surface area contributed by atoms with Crippen LogP contribution < -0.4 is 5.32 Å². The van der Waals surface area contributed by atoms with Crippen molar-refractivity contribution >= 4 is 16.8 Å². The first-order valence-electron chi connectivity index (χ1n) is 14.2. The number of nitrogens with zero attached hydrogens (tertiary/aromatic N) is 2. The zero-order valence-corrected chi connectivity index (χ0v) is 23.2. The lowest BCUT2D eigenvalue weighted by atomic mass is 9.84. The maximum Gasteiger partial charge on any atom is 0.252 e. The molecule has 0 spiro atoms. The molecule has 1 amide bonds. The minimum absolute atomic E-state index is 0.141. The van der Waals surface area contributed by atoms with E-state index in [1.165, 1.54) is 6.07 Å². The number of pyridine rings is 1. The fourth-order valence-electron chi connectivity index (χ4n) is 5.88. The van der Waals surface area contributed by atoms with E-state index in [-0.39, 0.29) is 17.5 Å². The molecule has 39 heavy (non-hydrogen) atoms. The molecule has 5 rings (SSSR count). The first kappa shape index (κ1) is 27.0. The average molecular weight is 524 g/mol. The highest BCUT2D eigenvalue weighted by atomic mass is 19.1. The third kappa shape index (κ3) is 5.89. The average Bonchev–Trinajstić information content (AvgIpc) is 2.97. The number of carbonyl (C=O) groups is 1. The van der Waals surface area contributed by atoms with Crippen LogP contribution in [0.4, 0.5) is 4.39 Å². The maximum atomic E-state index is 15.2. The summed E-state index contributed by atoms with van der Waals surface area (Å²) < 4.78 is 15.2. The van der Waals surface area contributed by atoms with E-state index in [1.807, 2.05) is 66.7 Å². The van der Waals surface area contributed by atoms with Gasteiger partial charge < -0.3 is 10.2 Å². The van der Waals surface area contributed by atoms with Crippen LogP contribution in [0.25, 0.3) is 22.2 Å². The monoisotopic (exact) mass is 523 g/mol. The predicted octanol–water partition coefficient (Wildman–Crippen LogP) is 7.58. The third-order valence-electron chi connectivity index (χ3n) is 8.13. The number of piperidine rings is 1. The molecular formula is C34H38FN3O. The number of nitrogens with one attached hydrogen (secondary N) is 1. The van der Waals surface area contributed by atoms with E-state index in [1.54, 1.807) is 6.07 Å². The van der Waals surface area contributed by atoms with E-state index in [2.05, 4.69) is 31.0 Å². The van der Waals surface area contributed by atoms with Gasteiger partial charge in [0.25, 0.3) is 5.91 Å². The lowest BCUT2D eigenvalue weighted by Gasteiger charge is -2.35. The molecule has 1 saturated heterocycles. The van der Waals surface area contributed by atoms with Crippen molar-refractivity contribution in [2.75, 3.05) is 13.1 Å². The zero-order chi connectivity index (χ0) is 27.4. The smallest absolute Gasteiger partial charge is 0.252 e. The van der Waals surface area contributed by atoms with Crippen molar-refractivity contribution in [2.24, 2.45) is 5.92 Å². The van der Waals surface area contributed by atoms with E-state index in [0.717, 1.165) is 55.5 Å². The molecule has 0 bridgehead atoms. The van der Waals surface area contributed by atoms with Crippen molar-refractivity contribution in [1.29, 1.82) is 0 Å². The number of para-hydroxylation sites is 1. The lowest BCUT2D eigenvalue weighted by Crippen LogP contribution is -2.39. The summed E-state index contributed by atoms with van der Waals surface area (Å²) in [5.41, 5.74) is 4.39. The molecule has 0 unspecified atom stereocenters. The van der Waals surface area contributed by atoms with Crippen LogP contribution in [0.1, 0.15) is 67.6 Å². The fourth-order valence-corrected chi connectivity index (χ4v) is 5.88. The molecule has 1 aromatic heterocycles. The highest BCUT2D eigenvalue weighted by Crippen LogP contribution is 2.35. The molecule has 3 aromatic carbocycles. The summed E-state index contributed by atoms with van der Waals surface area (Å²) in [6.07, 6.45) is 3.62. The number of amides is 1. The van der Waals surface area contributed by atoms with Gasteiger partial charge in [0.05, 0.1) is 17.3 Å². The first-order valence-corrected chi connectivity index (χ1v) is 14.2. The standard InChI is InChI=1S/C34H38FN3O/c1-4-30(25-12-7-5-8-13-25)36-34(39)31-27-16-11-17-29(35)33(27)37-32(26-14-9-6-10-15-26)28(31)22-24-18-20-38(21-19-24)23(2)3/h5-17,23-24,30H,4,18-22H2,1-3H3,(H,36,39)/t30-/m0/s1. The summed E-state index contributed by atoms with van der Waals surface area (Å²) in [6, 6.07) is 25.3. The number of aromatic nitrogens is 1. The summed E-state index contributed by atoms with van der Waals surface area (Å²) in [4.78, 5) is 21.6. The maximum absolute atomic E-state index is 15.2. The van der Waals surface area contributed by atoms with E-state index >= 15 is 4.39 Å². The Kier molecular flexibility index (Phi) is 8.37. The summed E-state index contributed by atoms with van der Waals surface area (Å²) in [5.74, 6) is -0.154. The van der Waals surface area contributed by atoms with Crippen LogP contribution in [0.15, 0.2) is 78.9 Å². The Morgan fingerprint density at radius 2 is 1.64 bits per heavy atom. The minimum Gasteiger partial charge on any atom is -0.345 e. The highest BCUT2D eigenvalue weighted by Gasteiger charge is 2.28. The van der Waals surface area contributed by atoms with Crippen LogP contribution in [0.5, 0.6) is 0 Å². The van der Waals surface area contributed by atoms with Gasteiger partial charge in [-0.3, -0.25) is 4.79 Å². The van der Waals surface area contributed by atoms with Crippen molar-refractivity contribution in [3.05, 3.63) is 101 Å². The van der Waals surface area contributed by atoms with Gasteiger partial charge in [0.1, 0.15) is 11.3 Å². The number of likely N-dealkylation sites (tertiary alicyclic amines) is 1. The van der Waals surface area contributed by atoms with Gasteiger partial charge in [0, 0.05) is 17.0 Å². The number of hydrogen-bond donors (Lipinski definition) is 1. The number of benzene rings is 3. The number of halogens is 1. The molecule has 4 nitrogen and oxygen atoms in total. The molecule has 4 aromatic rings. The van der Waals surface area contributed by atoms with Crippen LogP contribution in [-0.4, -0.2) is 34.9 Å². The minimum atomic E-state index is -0.411. The van der Waals surface area contributed by atoms with Crippen LogP contribution in [0.2, 0.25) is 0 Å². The molecule has 1 aliphatic rings. The number of rotatable bonds is 8. The Bertz CT molecular complexity index is 1410. The summed E-state index contributed by atoms with van der Waals surface area (Å²) >= 11 is 0. The number of hydrogen-bond acceptors (Lipinski definition) is 3. The second-order valence-corrected chi connectivity index (χ2v) is 10.9. The molecule has 2 heterocycles. The Morgan fingerprint density at radius 1 is 0.974 bits per heavy atom. The van der Waals surface area contributed by atoms with Crippen molar-refractivity contribution in [3.63, 3.8) is 0 Å². The molecule has 0 aliphatic carbocycles. The molecule has 202 valence electrons. The topological polar surface area (TPSA) is 45.2 Å². The van der Waals surface area contributed by atoms with E-state index < -0.39 is 5.82 Å². The SMILES string of the molecule is CC[C@H](NC(=O)c1c(CC2CCN(C(C)C)CC2)c(-c2ccccc2)nc2c(F)cccc12)c1ccccc1. The van der Waals surface area contributed by atoms with Gasteiger partial charge in [-0.05, 0) is 75.7 Å². The van der Waals surface area contributed by atoms with Crippen LogP contribution >= 0.6 is 0 Å². The van der Waals surface area contributed by atoms with Crippen molar-refractivity contribution in [3.8, 4) is 11.3 Å². The van der Waals surface area contributed by atoms with Gasteiger partial charge in [0.2, 0.25) is 0 Å². The molecular weight excluding hydrogens is 485 g/mol. The fraction of sp³-hybridized carbons (Fsp3) is 0.353. The molecule has 1 aliphatic heterocycles. The zero-order valence-electron chi connectivity index (χ0n) is 23.2. The largest absolute Gasteiger partial charge is 0.345 e. The van der Waals surface area contributed by atoms with E-state index in [9.17, 15) is 4.79 Å². The van der Waals surface area contributed by atoms with Gasteiger partial charge in [-0.1, -0.05) is 79.7 Å². The van der Waals surface area contributed by atoms with Crippen molar-refractivity contribution < 1.29 is 9.18 Å². The first-order chi connectivity index (χ1) is 19.0. The molecule has 5 heteroatoms. The van der Waals surface area contributed by atoms with Gasteiger partial charge in [-0.25, -0.2) is 9.37 Å². The van der Waals surface area contributed by atoms with Gasteiger partial charge in [-0.15, -0.1) is 0 Å².